The number of amides is 3. The smallest absolute Gasteiger partial charge is 0.246 e. The van der Waals surface area contributed by atoms with Gasteiger partial charge in [-0.3, -0.25) is 14.4 Å². The first-order valence-electron chi connectivity index (χ1n) is 12.9. The number of likely N-dealkylation sites (tertiary alicyclic amines) is 1. The Hall–Kier alpha value is -2.45. The molecule has 1 spiro atoms. The Kier molecular flexibility index (Phi) is 7.25. The monoisotopic (exact) mass is 485 g/mol. The maximum atomic E-state index is 14.0. The highest BCUT2D eigenvalue weighted by molar-refractivity contribution is 6.02. The second-order valence-corrected chi connectivity index (χ2v) is 10.9. The Morgan fingerprint density at radius 2 is 1.83 bits per heavy atom. The molecule has 8 heteroatoms. The highest BCUT2D eigenvalue weighted by atomic mass is 16.5. The molecule has 3 amide bonds. The van der Waals surface area contributed by atoms with Gasteiger partial charge >= 0.3 is 0 Å². The van der Waals surface area contributed by atoms with Crippen molar-refractivity contribution in [3.05, 3.63) is 30.3 Å². The van der Waals surface area contributed by atoms with E-state index in [1.54, 1.807) is 4.90 Å². The molecule has 0 saturated carbocycles. The van der Waals surface area contributed by atoms with Crippen molar-refractivity contribution in [2.45, 2.75) is 83.1 Å². The van der Waals surface area contributed by atoms with Gasteiger partial charge in [0.2, 0.25) is 17.7 Å². The highest BCUT2D eigenvalue weighted by Crippen LogP contribution is 2.65. The number of para-hydroxylation sites is 1. The molecule has 192 valence electrons. The molecule has 8 nitrogen and oxygen atoms in total. The van der Waals surface area contributed by atoms with E-state index in [9.17, 15) is 14.4 Å². The number of aliphatic hydroxyl groups excluding tert-OH is 1. The minimum absolute atomic E-state index is 0.0110. The van der Waals surface area contributed by atoms with Gasteiger partial charge in [-0.1, -0.05) is 38.0 Å². The molecule has 3 unspecified atom stereocenters. The maximum absolute atomic E-state index is 14.0. The van der Waals surface area contributed by atoms with E-state index in [1.165, 1.54) is 0 Å². The molecule has 0 radical (unpaired) electrons. The zero-order valence-electron chi connectivity index (χ0n) is 21.3. The minimum atomic E-state index is -1.02. The summed E-state index contributed by atoms with van der Waals surface area (Å²) in [5, 5.41) is 15.1. The van der Waals surface area contributed by atoms with Crippen LogP contribution >= 0.6 is 0 Å². The van der Waals surface area contributed by atoms with Gasteiger partial charge < -0.3 is 25.4 Å². The molecule has 6 atom stereocenters. The molecule has 3 saturated heterocycles. The van der Waals surface area contributed by atoms with E-state index in [4.69, 9.17) is 9.84 Å². The largest absolute Gasteiger partial charge is 0.396 e. The van der Waals surface area contributed by atoms with Gasteiger partial charge in [-0.15, -0.1) is 0 Å². The van der Waals surface area contributed by atoms with Crippen molar-refractivity contribution in [1.82, 2.24) is 10.2 Å². The van der Waals surface area contributed by atoms with E-state index in [-0.39, 0.29) is 36.3 Å². The van der Waals surface area contributed by atoms with Gasteiger partial charge in [0.05, 0.1) is 17.4 Å². The SMILES string of the molecule is CC(C)NC(=O)C1N(CCCCCCO)C(=O)[C@@H]2[C@H](C(=O)Nc3ccccc3)[C@@]3(C)OC12CC3C. The number of unbranched alkanes of at least 4 members (excludes halogenated alkanes) is 3. The Morgan fingerprint density at radius 3 is 2.49 bits per heavy atom. The zero-order valence-corrected chi connectivity index (χ0v) is 21.3. The second kappa shape index (κ2) is 9.90. The molecule has 3 aliphatic heterocycles. The molecular weight excluding hydrogens is 446 g/mol. The molecule has 0 aliphatic carbocycles. The van der Waals surface area contributed by atoms with Crippen molar-refractivity contribution in [1.29, 1.82) is 0 Å². The first kappa shape index (κ1) is 25.6. The molecule has 3 fully saturated rings. The van der Waals surface area contributed by atoms with Crippen molar-refractivity contribution in [2.75, 3.05) is 18.5 Å². The molecule has 4 rings (SSSR count). The van der Waals surface area contributed by atoms with Gasteiger partial charge in [0.25, 0.3) is 0 Å². The van der Waals surface area contributed by atoms with Gasteiger partial charge in [0, 0.05) is 24.9 Å². The van der Waals surface area contributed by atoms with E-state index >= 15 is 0 Å². The van der Waals surface area contributed by atoms with E-state index in [2.05, 4.69) is 10.6 Å². The van der Waals surface area contributed by atoms with Crippen LogP contribution in [0.5, 0.6) is 0 Å². The lowest BCUT2D eigenvalue weighted by molar-refractivity contribution is -0.146. The lowest BCUT2D eigenvalue weighted by Gasteiger charge is -2.36. The van der Waals surface area contributed by atoms with Crippen molar-refractivity contribution in [2.24, 2.45) is 17.8 Å². The fraction of sp³-hybridized carbons (Fsp3) is 0.667. The number of ether oxygens (including phenoxy) is 1. The molecule has 35 heavy (non-hydrogen) atoms. The van der Waals surface area contributed by atoms with E-state index in [0.717, 1.165) is 25.7 Å². The third-order valence-electron chi connectivity index (χ3n) is 8.12. The first-order valence-corrected chi connectivity index (χ1v) is 12.9. The number of benzene rings is 1. The van der Waals surface area contributed by atoms with Gasteiger partial charge in [0.1, 0.15) is 11.6 Å². The van der Waals surface area contributed by atoms with Crippen LogP contribution in [0.15, 0.2) is 30.3 Å². The van der Waals surface area contributed by atoms with E-state index < -0.39 is 29.1 Å². The number of hydrogen-bond donors (Lipinski definition) is 3. The van der Waals surface area contributed by atoms with E-state index in [0.29, 0.717) is 18.7 Å². The summed E-state index contributed by atoms with van der Waals surface area (Å²) >= 11 is 0. The topological polar surface area (TPSA) is 108 Å². The first-order chi connectivity index (χ1) is 16.7. The van der Waals surface area contributed by atoms with Gasteiger partial charge in [-0.2, -0.15) is 0 Å². The average molecular weight is 486 g/mol. The number of carbonyl (C=O) groups is 3. The van der Waals surface area contributed by atoms with Crippen LogP contribution in [-0.4, -0.2) is 64.2 Å². The van der Waals surface area contributed by atoms with Crippen LogP contribution in [0.3, 0.4) is 0 Å². The lowest BCUT2D eigenvalue weighted by Crippen LogP contribution is -2.56. The van der Waals surface area contributed by atoms with Crippen LogP contribution in [-0.2, 0) is 19.1 Å². The Bertz CT molecular complexity index is 953. The van der Waals surface area contributed by atoms with E-state index in [1.807, 2.05) is 58.0 Å². The molecule has 1 aromatic carbocycles. The number of fused-ring (bicyclic) bond motifs is 1. The molecule has 3 N–H and O–H groups in total. The fourth-order valence-corrected chi connectivity index (χ4v) is 6.53. The molecule has 3 aliphatic rings. The second-order valence-electron chi connectivity index (χ2n) is 10.9. The summed E-state index contributed by atoms with van der Waals surface area (Å²) < 4.78 is 6.70. The molecule has 2 bridgehead atoms. The van der Waals surface area contributed by atoms with Crippen molar-refractivity contribution in [3.63, 3.8) is 0 Å². The highest BCUT2D eigenvalue weighted by Gasteiger charge is 2.79. The van der Waals surface area contributed by atoms with Crippen LogP contribution < -0.4 is 10.6 Å². The standard InChI is InChI=1S/C27H39N3O5/c1-17(2)28-24(33)22-27-16-18(3)26(4,35-27)20(23(32)29-19-12-8-7-9-13-19)21(27)25(34)30(22)14-10-5-6-11-15-31/h7-9,12-13,17-18,20-22,31H,5-6,10-11,14-16H2,1-4H3,(H,28,33)(H,29,32)/t18?,20-,21+,22?,26+,27?/m1/s1. The van der Waals surface area contributed by atoms with Crippen molar-refractivity contribution in [3.8, 4) is 0 Å². The van der Waals surface area contributed by atoms with Crippen molar-refractivity contribution < 1.29 is 24.2 Å². The number of anilines is 1. The number of hydrogen-bond acceptors (Lipinski definition) is 5. The fourth-order valence-electron chi connectivity index (χ4n) is 6.53. The summed E-state index contributed by atoms with van der Waals surface area (Å²) in [5.74, 6) is -2.00. The summed E-state index contributed by atoms with van der Waals surface area (Å²) in [7, 11) is 0. The normalized spacial score (nSPS) is 33.3. The lowest BCUT2D eigenvalue weighted by atomic mass is 9.62. The van der Waals surface area contributed by atoms with Gasteiger partial charge in [0.15, 0.2) is 0 Å². The maximum Gasteiger partial charge on any atom is 0.246 e. The summed E-state index contributed by atoms with van der Waals surface area (Å²) in [6.45, 7) is 8.35. The summed E-state index contributed by atoms with van der Waals surface area (Å²) in [5.41, 5.74) is -1.18. The number of nitrogens with one attached hydrogen (secondary N) is 2. The van der Waals surface area contributed by atoms with Crippen LogP contribution in [0.1, 0.15) is 59.8 Å². The quantitative estimate of drug-likeness (QED) is 0.442. The summed E-state index contributed by atoms with van der Waals surface area (Å²) in [4.78, 5) is 42.8. The predicted octanol–water partition coefficient (Wildman–Crippen LogP) is 2.71. The van der Waals surface area contributed by atoms with Crippen LogP contribution in [0.4, 0.5) is 5.69 Å². The molecular formula is C27H39N3O5. The molecule has 0 aromatic heterocycles. The molecule has 3 heterocycles. The third kappa shape index (κ3) is 4.35. The molecule has 1 aromatic rings. The third-order valence-corrected chi connectivity index (χ3v) is 8.12. The van der Waals surface area contributed by atoms with Crippen molar-refractivity contribution >= 4 is 23.4 Å². The number of rotatable bonds is 10. The predicted molar refractivity (Wildman–Crippen MR) is 132 cm³/mol. The minimum Gasteiger partial charge on any atom is -0.396 e. The number of aliphatic hydroxyl groups is 1. The van der Waals surface area contributed by atoms with Crippen LogP contribution in [0.25, 0.3) is 0 Å². The van der Waals surface area contributed by atoms with Gasteiger partial charge in [-0.05, 0) is 58.1 Å². The Balaban J connectivity index is 1.66. The average Bonchev–Trinajstić information content (AvgIpc) is 3.30. The zero-order chi connectivity index (χ0) is 25.4. The number of nitrogens with zero attached hydrogens (tertiary/aromatic N) is 1. The van der Waals surface area contributed by atoms with Crippen LogP contribution in [0.2, 0.25) is 0 Å². The van der Waals surface area contributed by atoms with Crippen LogP contribution in [0, 0.1) is 17.8 Å². The van der Waals surface area contributed by atoms with Gasteiger partial charge in [-0.25, -0.2) is 0 Å². The number of carbonyl (C=O) groups excluding carboxylic acids is 3. The Morgan fingerprint density at radius 1 is 1.14 bits per heavy atom. The summed E-state index contributed by atoms with van der Waals surface area (Å²) in [6.07, 6.45) is 3.73. The summed E-state index contributed by atoms with van der Waals surface area (Å²) in [6, 6.07) is 8.38. The Labute approximate surface area is 207 Å².